The van der Waals surface area contributed by atoms with Gasteiger partial charge in [-0.3, -0.25) is 19.3 Å². The van der Waals surface area contributed by atoms with Gasteiger partial charge in [-0.2, -0.15) is 4.98 Å². The number of hydrogen-bond acceptors (Lipinski definition) is 5. The summed E-state index contributed by atoms with van der Waals surface area (Å²) in [5.41, 5.74) is 1.58. The number of fused-ring (bicyclic) bond motifs is 1. The van der Waals surface area contributed by atoms with Gasteiger partial charge in [0.25, 0.3) is 11.5 Å². The molecule has 168 valence electrons. The summed E-state index contributed by atoms with van der Waals surface area (Å²) in [4.78, 5) is 56.9. The molecule has 1 aromatic rings. The van der Waals surface area contributed by atoms with Crippen molar-refractivity contribution in [2.75, 3.05) is 19.6 Å². The second-order valence-corrected chi connectivity index (χ2v) is 8.81. The van der Waals surface area contributed by atoms with Crippen LogP contribution >= 0.6 is 0 Å². The number of nitrogens with zero attached hydrogens (tertiary/aromatic N) is 4. The second-order valence-electron chi connectivity index (χ2n) is 8.81. The lowest BCUT2D eigenvalue weighted by molar-refractivity contribution is -0.133. The Morgan fingerprint density at radius 1 is 1.19 bits per heavy atom. The SMILES string of the molecule is CCCN1C(=O)NC(CCC(=O)N2CCCC(c3c(C)c(=O)nc4n3CCC4)C2)C1=O. The molecule has 1 aromatic heterocycles. The number of carbonyl (C=O) groups excluding carboxylic acids is 3. The van der Waals surface area contributed by atoms with Gasteiger partial charge in [-0.25, -0.2) is 4.79 Å². The van der Waals surface area contributed by atoms with Gasteiger partial charge in [-0.05, 0) is 39.0 Å². The summed E-state index contributed by atoms with van der Waals surface area (Å²) >= 11 is 0. The molecule has 3 aliphatic heterocycles. The average molecular weight is 430 g/mol. The van der Waals surface area contributed by atoms with E-state index in [0.717, 1.165) is 43.7 Å². The number of imide groups is 1. The first-order valence-corrected chi connectivity index (χ1v) is 11.4. The molecule has 31 heavy (non-hydrogen) atoms. The van der Waals surface area contributed by atoms with E-state index in [1.165, 1.54) is 4.90 Å². The highest BCUT2D eigenvalue weighted by Crippen LogP contribution is 2.31. The van der Waals surface area contributed by atoms with Gasteiger partial charge in [0.05, 0.1) is 0 Å². The summed E-state index contributed by atoms with van der Waals surface area (Å²) in [5.74, 6) is 0.745. The van der Waals surface area contributed by atoms with Crippen LogP contribution in [0.25, 0.3) is 0 Å². The molecule has 9 heteroatoms. The molecular formula is C22H31N5O4. The smallest absolute Gasteiger partial charge is 0.324 e. The maximum atomic E-state index is 12.9. The number of piperidine rings is 1. The van der Waals surface area contributed by atoms with E-state index in [4.69, 9.17) is 0 Å². The maximum Gasteiger partial charge on any atom is 0.324 e. The fourth-order valence-corrected chi connectivity index (χ4v) is 5.14. The largest absolute Gasteiger partial charge is 0.342 e. The van der Waals surface area contributed by atoms with E-state index < -0.39 is 6.04 Å². The van der Waals surface area contributed by atoms with E-state index in [9.17, 15) is 19.2 Å². The number of carbonyl (C=O) groups is 3. The van der Waals surface area contributed by atoms with Crippen molar-refractivity contribution in [3.8, 4) is 0 Å². The standard InChI is InChI=1S/C22H31N5O4/c1-3-10-27-21(30)16(23-22(27)31)8-9-18(28)25-11-4-6-15(13-25)19-14(2)20(29)24-17-7-5-12-26(17)19/h15-16H,3-13H2,1-2H3,(H,23,31). The highest BCUT2D eigenvalue weighted by atomic mass is 16.2. The number of likely N-dealkylation sites (tertiary alicyclic amines) is 1. The van der Waals surface area contributed by atoms with Crippen molar-refractivity contribution in [3.63, 3.8) is 0 Å². The van der Waals surface area contributed by atoms with Crippen molar-refractivity contribution in [1.82, 2.24) is 24.7 Å². The van der Waals surface area contributed by atoms with Gasteiger partial charge < -0.3 is 14.8 Å². The molecule has 4 rings (SSSR count). The molecular weight excluding hydrogens is 398 g/mol. The van der Waals surface area contributed by atoms with Gasteiger partial charge in [0.1, 0.15) is 11.9 Å². The summed E-state index contributed by atoms with van der Waals surface area (Å²) in [7, 11) is 0. The Kier molecular flexibility index (Phi) is 6.11. The van der Waals surface area contributed by atoms with Crippen LogP contribution in [0.1, 0.15) is 68.4 Å². The van der Waals surface area contributed by atoms with Gasteiger partial charge in [0, 0.05) is 56.2 Å². The molecule has 0 aromatic carbocycles. The third-order valence-electron chi connectivity index (χ3n) is 6.68. The summed E-state index contributed by atoms with van der Waals surface area (Å²) in [6.07, 6.45) is 4.89. The zero-order valence-corrected chi connectivity index (χ0v) is 18.4. The molecule has 2 fully saturated rings. The first-order valence-electron chi connectivity index (χ1n) is 11.4. The molecule has 0 saturated carbocycles. The molecule has 0 bridgehead atoms. The molecule has 1 N–H and O–H groups in total. The lowest BCUT2D eigenvalue weighted by atomic mass is 9.91. The van der Waals surface area contributed by atoms with Crippen LogP contribution in [-0.4, -0.2) is 62.9 Å². The van der Waals surface area contributed by atoms with Crippen LogP contribution in [-0.2, 0) is 22.6 Å². The average Bonchev–Trinajstić information content (AvgIpc) is 3.32. The fourth-order valence-electron chi connectivity index (χ4n) is 5.14. The van der Waals surface area contributed by atoms with E-state index in [1.807, 2.05) is 18.7 Å². The number of hydrogen-bond donors (Lipinski definition) is 1. The number of amides is 4. The number of aryl methyl sites for hydroxylation is 1. The van der Waals surface area contributed by atoms with E-state index in [2.05, 4.69) is 14.9 Å². The van der Waals surface area contributed by atoms with Crippen molar-refractivity contribution >= 4 is 17.8 Å². The number of aromatic nitrogens is 2. The number of nitrogens with one attached hydrogen (secondary N) is 1. The Hall–Kier alpha value is -2.71. The molecule has 4 amide bonds. The predicted molar refractivity (Wildman–Crippen MR) is 114 cm³/mol. The highest BCUT2D eigenvalue weighted by molar-refractivity contribution is 6.04. The van der Waals surface area contributed by atoms with Crippen LogP contribution in [0.4, 0.5) is 4.79 Å². The summed E-state index contributed by atoms with van der Waals surface area (Å²) in [5, 5.41) is 2.70. The topological polar surface area (TPSA) is 105 Å². The number of urea groups is 1. The normalized spacial score (nSPS) is 23.3. The maximum absolute atomic E-state index is 12.9. The third kappa shape index (κ3) is 4.09. The molecule has 0 radical (unpaired) electrons. The van der Waals surface area contributed by atoms with Crippen LogP contribution in [0.3, 0.4) is 0 Å². The summed E-state index contributed by atoms with van der Waals surface area (Å²) < 4.78 is 2.18. The minimum atomic E-state index is -0.618. The molecule has 3 aliphatic rings. The van der Waals surface area contributed by atoms with Crippen molar-refractivity contribution in [2.45, 2.75) is 77.3 Å². The zero-order chi connectivity index (χ0) is 22.1. The van der Waals surface area contributed by atoms with E-state index in [1.54, 1.807) is 0 Å². The fraction of sp³-hybridized carbons (Fsp3) is 0.682. The Bertz CT molecular complexity index is 956. The predicted octanol–water partition coefficient (Wildman–Crippen LogP) is 1.31. The van der Waals surface area contributed by atoms with Gasteiger partial charge in [0.2, 0.25) is 5.91 Å². The van der Waals surface area contributed by atoms with E-state index >= 15 is 0 Å². The molecule has 2 unspecified atom stereocenters. The van der Waals surface area contributed by atoms with Crippen molar-refractivity contribution in [3.05, 3.63) is 27.4 Å². The van der Waals surface area contributed by atoms with Crippen molar-refractivity contribution < 1.29 is 14.4 Å². The van der Waals surface area contributed by atoms with Gasteiger partial charge in [-0.15, -0.1) is 0 Å². The first-order chi connectivity index (χ1) is 14.9. The van der Waals surface area contributed by atoms with Crippen LogP contribution in [0.2, 0.25) is 0 Å². The summed E-state index contributed by atoms with van der Waals surface area (Å²) in [6, 6.07) is -0.984. The first kappa shape index (κ1) is 21.5. The molecule has 9 nitrogen and oxygen atoms in total. The van der Waals surface area contributed by atoms with Crippen LogP contribution in [0.15, 0.2) is 4.79 Å². The van der Waals surface area contributed by atoms with Gasteiger partial charge in [-0.1, -0.05) is 6.92 Å². The quantitative estimate of drug-likeness (QED) is 0.687. The molecule has 2 saturated heterocycles. The minimum Gasteiger partial charge on any atom is -0.342 e. The van der Waals surface area contributed by atoms with Crippen LogP contribution < -0.4 is 10.9 Å². The Labute approximate surface area is 181 Å². The van der Waals surface area contributed by atoms with E-state index in [-0.39, 0.29) is 35.7 Å². The molecule has 2 atom stereocenters. The Morgan fingerprint density at radius 3 is 2.77 bits per heavy atom. The second kappa shape index (κ2) is 8.80. The monoisotopic (exact) mass is 429 g/mol. The summed E-state index contributed by atoms with van der Waals surface area (Å²) in [6.45, 7) is 6.30. The molecule has 0 spiro atoms. The minimum absolute atomic E-state index is 0.00334. The van der Waals surface area contributed by atoms with Gasteiger partial charge >= 0.3 is 6.03 Å². The lowest BCUT2D eigenvalue weighted by Gasteiger charge is -2.34. The molecule has 0 aliphatic carbocycles. The third-order valence-corrected chi connectivity index (χ3v) is 6.68. The Morgan fingerprint density at radius 2 is 2.00 bits per heavy atom. The van der Waals surface area contributed by atoms with E-state index in [0.29, 0.717) is 38.0 Å². The number of rotatable bonds is 6. The molecule has 4 heterocycles. The van der Waals surface area contributed by atoms with Crippen molar-refractivity contribution in [1.29, 1.82) is 0 Å². The van der Waals surface area contributed by atoms with Crippen LogP contribution in [0, 0.1) is 6.92 Å². The lowest BCUT2D eigenvalue weighted by Crippen LogP contribution is -2.41. The van der Waals surface area contributed by atoms with Crippen molar-refractivity contribution in [2.24, 2.45) is 0 Å². The Balaban J connectivity index is 1.41. The van der Waals surface area contributed by atoms with Crippen LogP contribution in [0.5, 0.6) is 0 Å². The zero-order valence-electron chi connectivity index (χ0n) is 18.4. The highest BCUT2D eigenvalue weighted by Gasteiger charge is 2.38. The van der Waals surface area contributed by atoms with Gasteiger partial charge in [0.15, 0.2) is 0 Å².